The van der Waals surface area contributed by atoms with Crippen molar-refractivity contribution in [2.75, 3.05) is 19.6 Å². The number of amides is 1. The Morgan fingerprint density at radius 3 is 2.88 bits per heavy atom. The van der Waals surface area contributed by atoms with Crippen LogP contribution in [0.3, 0.4) is 0 Å². The standard InChI is InChI=1S/C20H24N4O2/c25-19-14-18-20(8-13-22(18)10-5-12-23-11-4-9-21-23)24(19)15-17(26-20)16-6-2-1-3-7-16/h1-4,6-7,9,11,17-18H,5,8,10,12-15H2/t17-,18+,20-/m0/s1. The molecule has 136 valence electrons. The molecule has 5 rings (SSSR count). The molecule has 0 bridgehead atoms. The zero-order valence-electron chi connectivity index (χ0n) is 14.8. The summed E-state index contributed by atoms with van der Waals surface area (Å²) in [4.78, 5) is 17.1. The number of ether oxygens (including phenoxy) is 1. The number of aromatic nitrogens is 2. The van der Waals surface area contributed by atoms with Crippen molar-refractivity contribution in [1.29, 1.82) is 0 Å². The van der Waals surface area contributed by atoms with Crippen LogP contribution < -0.4 is 0 Å². The van der Waals surface area contributed by atoms with Crippen LogP contribution in [0.4, 0.5) is 0 Å². The van der Waals surface area contributed by atoms with Crippen molar-refractivity contribution in [2.45, 2.75) is 43.7 Å². The Balaban J connectivity index is 1.29. The maximum atomic E-state index is 12.7. The molecule has 0 aliphatic carbocycles. The molecular weight excluding hydrogens is 328 g/mol. The van der Waals surface area contributed by atoms with Gasteiger partial charge in [-0.1, -0.05) is 30.3 Å². The Morgan fingerprint density at radius 1 is 1.19 bits per heavy atom. The van der Waals surface area contributed by atoms with Crippen molar-refractivity contribution in [3.05, 3.63) is 54.4 Å². The van der Waals surface area contributed by atoms with E-state index < -0.39 is 5.72 Å². The third kappa shape index (κ3) is 2.47. The second-order valence-corrected chi connectivity index (χ2v) is 7.49. The Morgan fingerprint density at radius 2 is 2.08 bits per heavy atom. The minimum Gasteiger partial charge on any atom is -0.344 e. The summed E-state index contributed by atoms with van der Waals surface area (Å²) in [7, 11) is 0. The molecule has 3 atom stereocenters. The molecule has 1 spiro atoms. The van der Waals surface area contributed by atoms with Gasteiger partial charge in [-0.25, -0.2) is 0 Å². The largest absolute Gasteiger partial charge is 0.344 e. The lowest BCUT2D eigenvalue weighted by molar-refractivity contribution is -0.138. The average Bonchev–Trinajstić information content (AvgIpc) is 3.41. The van der Waals surface area contributed by atoms with Crippen LogP contribution in [0.15, 0.2) is 48.8 Å². The number of carbonyl (C=O) groups excluding carboxylic acids is 1. The van der Waals surface area contributed by atoms with E-state index in [9.17, 15) is 4.79 Å². The van der Waals surface area contributed by atoms with Crippen molar-refractivity contribution >= 4 is 5.91 Å². The third-order valence-electron chi connectivity index (χ3n) is 6.10. The fraction of sp³-hybridized carbons (Fsp3) is 0.500. The lowest BCUT2D eigenvalue weighted by Crippen LogP contribution is -2.47. The summed E-state index contributed by atoms with van der Waals surface area (Å²) in [5, 5.41) is 4.27. The first kappa shape index (κ1) is 16.0. The first-order valence-corrected chi connectivity index (χ1v) is 9.51. The number of hydrogen-bond acceptors (Lipinski definition) is 4. The minimum atomic E-state index is -0.413. The van der Waals surface area contributed by atoms with E-state index in [2.05, 4.69) is 22.1 Å². The van der Waals surface area contributed by atoms with Crippen LogP contribution in [0.1, 0.15) is 30.9 Å². The molecule has 3 aliphatic rings. The van der Waals surface area contributed by atoms with Gasteiger partial charge >= 0.3 is 0 Å². The molecule has 26 heavy (non-hydrogen) atoms. The highest BCUT2D eigenvalue weighted by Gasteiger charge is 2.63. The smallest absolute Gasteiger partial charge is 0.226 e. The maximum absolute atomic E-state index is 12.7. The van der Waals surface area contributed by atoms with Gasteiger partial charge in [0.1, 0.15) is 6.10 Å². The van der Waals surface area contributed by atoms with Gasteiger partial charge in [-0.05, 0) is 18.1 Å². The number of aryl methyl sites for hydroxylation is 1. The highest BCUT2D eigenvalue weighted by molar-refractivity contribution is 5.81. The van der Waals surface area contributed by atoms with E-state index in [4.69, 9.17) is 4.74 Å². The summed E-state index contributed by atoms with van der Waals surface area (Å²) in [5.74, 6) is 0.241. The van der Waals surface area contributed by atoms with E-state index in [1.54, 1.807) is 0 Å². The lowest BCUT2D eigenvalue weighted by Gasteiger charge is -2.32. The molecule has 0 radical (unpaired) electrons. The van der Waals surface area contributed by atoms with Gasteiger partial charge in [-0.3, -0.25) is 14.4 Å². The highest BCUT2D eigenvalue weighted by atomic mass is 16.5. The molecule has 1 aromatic heterocycles. The third-order valence-corrected chi connectivity index (χ3v) is 6.10. The van der Waals surface area contributed by atoms with Gasteiger partial charge < -0.3 is 9.64 Å². The highest BCUT2D eigenvalue weighted by Crippen LogP contribution is 2.50. The van der Waals surface area contributed by atoms with Crippen molar-refractivity contribution in [3.63, 3.8) is 0 Å². The summed E-state index contributed by atoms with van der Waals surface area (Å²) in [6.45, 7) is 3.57. The molecule has 3 aliphatic heterocycles. The quantitative estimate of drug-likeness (QED) is 0.826. The van der Waals surface area contributed by atoms with Crippen molar-refractivity contribution < 1.29 is 9.53 Å². The van der Waals surface area contributed by atoms with E-state index in [1.807, 2.05) is 46.2 Å². The zero-order chi connectivity index (χ0) is 17.6. The number of benzene rings is 1. The number of carbonyl (C=O) groups is 1. The Kier molecular flexibility index (Phi) is 3.83. The van der Waals surface area contributed by atoms with Gasteiger partial charge in [0.05, 0.1) is 12.6 Å². The molecule has 3 saturated heterocycles. The first-order chi connectivity index (χ1) is 12.8. The van der Waals surface area contributed by atoms with Gasteiger partial charge in [-0.15, -0.1) is 0 Å². The van der Waals surface area contributed by atoms with E-state index in [0.29, 0.717) is 13.0 Å². The maximum Gasteiger partial charge on any atom is 0.226 e. The number of rotatable bonds is 5. The molecule has 6 nitrogen and oxygen atoms in total. The SMILES string of the molecule is O=C1C[C@H]2N(CCCn3cccn3)CC[C@]23O[C@H](c2ccccc2)CN13. The number of likely N-dealkylation sites (tertiary alicyclic amines) is 1. The van der Waals surface area contributed by atoms with Gasteiger partial charge in [0.15, 0.2) is 5.72 Å². The molecule has 1 aromatic carbocycles. The summed E-state index contributed by atoms with van der Waals surface area (Å²) < 4.78 is 8.55. The van der Waals surface area contributed by atoms with Gasteiger partial charge in [0.2, 0.25) is 5.91 Å². The Labute approximate surface area is 153 Å². The number of nitrogens with zero attached hydrogens (tertiary/aromatic N) is 4. The Hall–Kier alpha value is -2.18. The molecule has 4 heterocycles. The normalized spacial score (nSPS) is 30.8. The summed E-state index contributed by atoms with van der Waals surface area (Å²) in [5.41, 5.74) is 0.753. The topological polar surface area (TPSA) is 50.6 Å². The Bertz CT molecular complexity index is 778. The van der Waals surface area contributed by atoms with Crippen LogP contribution in [0.25, 0.3) is 0 Å². The minimum absolute atomic E-state index is 0.00743. The number of hydrogen-bond donors (Lipinski definition) is 0. The van der Waals surface area contributed by atoms with Crippen LogP contribution in [-0.2, 0) is 16.1 Å². The predicted octanol–water partition coefficient (Wildman–Crippen LogP) is 2.05. The van der Waals surface area contributed by atoms with Crippen LogP contribution in [-0.4, -0.2) is 56.9 Å². The van der Waals surface area contributed by atoms with Crippen LogP contribution in [0.5, 0.6) is 0 Å². The second kappa shape index (κ2) is 6.21. The summed E-state index contributed by atoms with van der Waals surface area (Å²) in [6, 6.07) is 12.4. The summed E-state index contributed by atoms with van der Waals surface area (Å²) >= 11 is 0. The van der Waals surface area contributed by atoms with Crippen molar-refractivity contribution in [3.8, 4) is 0 Å². The fourth-order valence-electron chi connectivity index (χ4n) is 4.89. The monoisotopic (exact) mass is 352 g/mol. The van der Waals surface area contributed by atoms with E-state index in [0.717, 1.165) is 32.5 Å². The molecule has 0 unspecified atom stereocenters. The van der Waals surface area contributed by atoms with Gasteiger partial charge in [-0.2, -0.15) is 5.10 Å². The lowest BCUT2D eigenvalue weighted by atomic mass is 10.1. The second-order valence-electron chi connectivity index (χ2n) is 7.49. The molecule has 0 saturated carbocycles. The first-order valence-electron chi connectivity index (χ1n) is 9.51. The van der Waals surface area contributed by atoms with Crippen LogP contribution in [0, 0.1) is 0 Å². The van der Waals surface area contributed by atoms with Crippen molar-refractivity contribution in [2.24, 2.45) is 0 Å². The van der Waals surface area contributed by atoms with Crippen LogP contribution >= 0.6 is 0 Å². The fourth-order valence-corrected chi connectivity index (χ4v) is 4.89. The van der Waals surface area contributed by atoms with Crippen molar-refractivity contribution in [1.82, 2.24) is 19.6 Å². The van der Waals surface area contributed by atoms with E-state index in [-0.39, 0.29) is 18.1 Å². The molecule has 1 amide bonds. The predicted molar refractivity (Wildman–Crippen MR) is 96.2 cm³/mol. The molecule has 6 heteroatoms. The molecular formula is C20H24N4O2. The zero-order valence-corrected chi connectivity index (χ0v) is 14.8. The van der Waals surface area contributed by atoms with Gasteiger partial charge in [0, 0.05) is 44.9 Å². The van der Waals surface area contributed by atoms with Crippen LogP contribution in [0.2, 0.25) is 0 Å². The molecule has 0 N–H and O–H groups in total. The van der Waals surface area contributed by atoms with Gasteiger partial charge in [0.25, 0.3) is 0 Å². The average molecular weight is 352 g/mol. The summed E-state index contributed by atoms with van der Waals surface area (Å²) in [6.07, 6.45) is 6.33. The van der Waals surface area contributed by atoms with E-state index >= 15 is 0 Å². The molecule has 2 aromatic rings. The van der Waals surface area contributed by atoms with E-state index in [1.165, 1.54) is 5.56 Å². The molecule has 3 fully saturated rings.